The van der Waals surface area contributed by atoms with E-state index in [1.165, 1.54) is 12.1 Å². The van der Waals surface area contributed by atoms with Gasteiger partial charge in [0.2, 0.25) is 0 Å². The molecule has 0 fully saturated rings. The lowest BCUT2D eigenvalue weighted by molar-refractivity contribution is -0.136. The Hall–Kier alpha value is -2.11. The van der Waals surface area contributed by atoms with Crippen LogP contribution in [0.15, 0.2) is 42.7 Å². The highest BCUT2D eigenvalue weighted by molar-refractivity contribution is 6.42. The third kappa shape index (κ3) is 4.44. The lowest BCUT2D eigenvalue weighted by Gasteiger charge is -2.08. The van der Waals surface area contributed by atoms with Crippen molar-refractivity contribution in [2.45, 2.75) is 6.54 Å². The number of amides is 2. The lowest BCUT2D eigenvalue weighted by atomic mass is 10.2. The Balaban J connectivity index is 1.92. The monoisotopic (exact) mass is 323 g/mol. The summed E-state index contributed by atoms with van der Waals surface area (Å²) >= 11 is 11.7. The summed E-state index contributed by atoms with van der Waals surface area (Å²) in [5.74, 6) is -1.55. The highest BCUT2D eigenvalue weighted by Gasteiger charge is 2.14. The SMILES string of the molecule is O=C(NCc1ccncc1)C(=O)Nc1ccc(Cl)cc1Cl. The average molecular weight is 324 g/mol. The van der Waals surface area contributed by atoms with Crippen molar-refractivity contribution < 1.29 is 9.59 Å². The van der Waals surface area contributed by atoms with Gasteiger partial charge < -0.3 is 10.6 Å². The minimum absolute atomic E-state index is 0.239. The van der Waals surface area contributed by atoms with Gasteiger partial charge in [-0.2, -0.15) is 0 Å². The van der Waals surface area contributed by atoms with Crippen molar-refractivity contribution in [3.05, 3.63) is 58.3 Å². The summed E-state index contributed by atoms with van der Waals surface area (Å²) in [5.41, 5.74) is 1.17. The first-order valence-corrected chi connectivity index (χ1v) is 6.75. The van der Waals surface area contributed by atoms with Gasteiger partial charge in [0.25, 0.3) is 0 Å². The molecule has 0 unspecified atom stereocenters. The second-order valence-corrected chi connectivity index (χ2v) is 4.96. The number of halogens is 2. The molecule has 0 bridgehead atoms. The topological polar surface area (TPSA) is 71.1 Å². The fourth-order valence-corrected chi connectivity index (χ4v) is 1.99. The van der Waals surface area contributed by atoms with Crippen molar-refractivity contribution in [1.29, 1.82) is 0 Å². The van der Waals surface area contributed by atoms with Gasteiger partial charge in [0.15, 0.2) is 0 Å². The largest absolute Gasteiger partial charge is 0.344 e. The van der Waals surface area contributed by atoms with Crippen LogP contribution in [0.2, 0.25) is 10.0 Å². The maximum Gasteiger partial charge on any atom is 0.313 e. The van der Waals surface area contributed by atoms with Crippen LogP contribution in [0.25, 0.3) is 0 Å². The molecule has 7 heteroatoms. The molecule has 0 radical (unpaired) electrons. The molecule has 1 heterocycles. The first-order chi connectivity index (χ1) is 10.1. The number of anilines is 1. The van der Waals surface area contributed by atoms with E-state index < -0.39 is 11.8 Å². The van der Waals surface area contributed by atoms with Crippen molar-refractivity contribution in [2.24, 2.45) is 0 Å². The quantitative estimate of drug-likeness (QED) is 0.853. The average Bonchev–Trinajstić information content (AvgIpc) is 2.48. The summed E-state index contributed by atoms with van der Waals surface area (Å²) in [6.07, 6.45) is 3.21. The van der Waals surface area contributed by atoms with Crippen molar-refractivity contribution in [3.63, 3.8) is 0 Å². The van der Waals surface area contributed by atoms with Gasteiger partial charge >= 0.3 is 11.8 Å². The minimum atomic E-state index is -0.798. The van der Waals surface area contributed by atoms with Crippen LogP contribution in [0.1, 0.15) is 5.56 Å². The van der Waals surface area contributed by atoms with E-state index in [0.29, 0.717) is 10.7 Å². The molecule has 0 aliphatic rings. The standard InChI is InChI=1S/C14H11Cl2N3O2/c15-10-1-2-12(11(16)7-10)19-14(21)13(20)18-8-9-3-5-17-6-4-9/h1-7H,8H2,(H,18,20)(H,19,21). The highest BCUT2D eigenvalue weighted by atomic mass is 35.5. The number of nitrogens with one attached hydrogen (secondary N) is 2. The van der Waals surface area contributed by atoms with Crippen LogP contribution in [0.5, 0.6) is 0 Å². The number of rotatable bonds is 3. The van der Waals surface area contributed by atoms with E-state index in [1.54, 1.807) is 30.6 Å². The Bertz CT molecular complexity index is 663. The smallest absolute Gasteiger partial charge is 0.313 e. The van der Waals surface area contributed by atoms with Gasteiger partial charge in [0.05, 0.1) is 10.7 Å². The maximum atomic E-state index is 11.7. The maximum absolute atomic E-state index is 11.7. The number of benzene rings is 1. The highest BCUT2D eigenvalue weighted by Crippen LogP contribution is 2.25. The summed E-state index contributed by atoms with van der Waals surface area (Å²) in [5, 5.41) is 5.63. The van der Waals surface area contributed by atoms with Crippen LogP contribution in [0.4, 0.5) is 5.69 Å². The predicted octanol–water partition coefficient (Wildman–Crippen LogP) is 2.64. The van der Waals surface area contributed by atoms with E-state index in [0.717, 1.165) is 5.56 Å². The molecule has 108 valence electrons. The molecule has 0 aliphatic carbocycles. The van der Waals surface area contributed by atoms with Gasteiger partial charge in [0, 0.05) is 24.0 Å². The van der Waals surface area contributed by atoms with Gasteiger partial charge in [-0.1, -0.05) is 23.2 Å². The molecule has 0 saturated heterocycles. The normalized spacial score (nSPS) is 10.0. The molecule has 2 N–H and O–H groups in total. The first-order valence-electron chi connectivity index (χ1n) is 5.99. The number of aromatic nitrogens is 1. The van der Waals surface area contributed by atoms with Crippen LogP contribution in [0.3, 0.4) is 0 Å². The molecule has 0 aliphatic heterocycles. The fourth-order valence-electron chi connectivity index (χ4n) is 1.53. The van der Waals surface area contributed by atoms with Crippen molar-refractivity contribution in [3.8, 4) is 0 Å². The molecule has 0 atom stereocenters. The summed E-state index contributed by atoms with van der Waals surface area (Å²) in [6, 6.07) is 8.06. The van der Waals surface area contributed by atoms with Crippen LogP contribution < -0.4 is 10.6 Å². The molecule has 2 aromatic rings. The predicted molar refractivity (Wildman–Crippen MR) is 81.2 cm³/mol. The fraction of sp³-hybridized carbons (Fsp3) is 0.0714. The third-order valence-corrected chi connectivity index (χ3v) is 3.14. The number of carbonyl (C=O) groups is 2. The van der Waals surface area contributed by atoms with Crippen LogP contribution in [-0.2, 0) is 16.1 Å². The molecule has 1 aromatic carbocycles. The number of hydrogen-bond acceptors (Lipinski definition) is 3. The van der Waals surface area contributed by atoms with E-state index in [2.05, 4.69) is 15.6 Å². The van der Waals surface area contributed by atoms with E-state index in [9.17, 15) is 9.59 Å². The molecular weight excluding hydrogens is 313 g/mol. The number of pyridine rings is 1. The zero-order valence-electron chi connectivity index (χ0n) is 10.8. The summed E-state index contributed by atoms with van der Waals surface area (Å²) in [6.45, 7) is 0.239. The Labute approximate surface area is 131 Å². The molecule has 0 saturated carbocycles. The number of hydrogen-bond donors (Lipinski definition) is 2. The molecule has 2 rings (SSSR count). The summed E-state index contributed by atoms with van der Waals surface area (Å²) < 4.78 is 0. The molecule has 1 aromatic heterocycles. The molecular formula is C14H11Cl2N3O2. The Morgan fingerprint density at radius 1 is 1.05 bits per heavy atom. The zero-order valence-corrected chi connectivity index (χ0v) is 12.3. The van der Waals surface area contributed by atoms with Gasteiger partial charge in [-0.15, -0.1) is 0 Å². The van der Waals surface area contributed by atoms with Gasteiger partial charge in [-0.25, -0.2) is 0 Å². The molecule has 2 amide bonds. The molecule has 0 spiro atoms. The summed E-state index contributed by atoms with van der Waals surface area (Å²) in [4.78, 5) is 27.3. The van der Waals surface area contributed by atoms with E-state index in [4.69, 9.17) is 23.2 Å². The van der Waals surface area contributed by atoms with E-state index >= 15 is 0 Å². The van der Waals surface area contributed by atoms with Gasteiger partial charge in [0.1, 0.15) is 0 Å². The summed E-state index contributed by atoms with van der Waals surface area (Å²) in [7, 11) is 0. The van der Waals surface area contributed by atoms with Crippen LogP contribution in [0, 0.1) is 0 Å². The van der Waals surface area contributed by atoms with E-state index in [1.807, 2.05) is 0 Å². The minimum Gasteiger partial charge on any atom is -0.344 e. The second-order valence-electron chi connectivity index (χ2n) is 4.12. The zero-order chi connectivity index (χ0) is 15.2. The molecule has 21 heavy (non-hydrogen) atoms. The van der Waals surface area contributed by atoms with Crippen molar-refractivity contribution in [2.75, 3.05) is 5.32 Å². The van der Waals surface area contributed by atoms with Gasteiger partial charge in [-0.3, -0.25) is 14.6 Å². The van der Waals surface area contributed by atoms with Crippen LogP contribution in [-0.4, -0.2) is 16.8 Å². The van der Waals surface area contributed by atoms with Crippen LogP contribution >= 0.6 is 23.2 Å². The molecule has 5 nitrogen and oxygen atoms in total. The Morgan fingerprint density at radius 3 is 2.43 bits per heavy atom. The van der Waals surface area contributed by atoms with Crippen molar-refractivity contribution >= 4 is 40.7 Å². The van der Waals surface area contributed by atoms with E-state index in [-0.39, 0.29) is 11.6 Å². The second kappa shape index (κ2) is 7.06. The lowest BCUT2D eigenvalue weighted by Crippen LogP contribution is -2.35. The van der Waals surface area contributed by atoms with Crippen molar-refractivity contribution in [1.82, 2.24) is 10.3 Å². The Kier molecular flexibility index (Phi) is 5.14. The first kappa shape index (κ1) is 15.3. The van der Waals surface area contributed by atoms with Gasteiger partial charge in [-0.05, 0) is 35.9 Å². The third-order valence-electron chi connectivity index (χ3n) is 2.59. The Morgan fingerprint density at radius 2 is 1.76 bits per heavy atom. The number of carbonyl (C=O) groups excluding carboxylic acids is 2. The number of nitrogens with zero attached hydrogens (tertiary/aromatic N) is 1.